The van der Waals surface area contributed by atoms with Crippen LogP contribution in [0.3, 0.4) is 0 Å². The van der Waals surface area contributed by atoms with Crippen molar-refractivity contribution in [3.8, 4) is 5.75 Å². The third-order valence-electron chi connectivity index (χ3n) is 4.70. The number of amides is 1. The number of carbonyl (C=O) groups excluding carboxylic acids is 1. The third-order valence-corrected chi connectivity index (χ3v) is 6.49. The summed E-state index contributed by atoms with van der Waals surface area (Å²) in [5, 5.41) is 0.657. The Morgan fingerprint density at radius 3 is 2.63 bits per heavy atom. The maximum Gasteiger partial charge on any atom is 0.233 e. The van der Waals surface area contributed by atoms with Crippen LogP contribution >= 0.6 is 23.1 Å². The smallest absolute Gasteiger partial charge is 0.233 e. The number of aromatic nitrogens is 2. The van der Waals surface area contributed by atoms with Crippen LogP contribution in [0.2, 0.25) is 0 Å². The molecular formula is C23H21N3O2S2. The minimum atomic E-state index is -0.00576. The molecule has 0 saturated carbocycles. The van der Waals surface area contributed by atoms with Gasteiger partial charge in [-0.1, -0.05) is 35.6 Å². The fourth-order valence-corrected chi connectivity index (χ4v) is 4.55. The fourth-order valence-electron chi connectivity index (χ4n) is 3.14. The molecule has 0 N–H and O–H groups in total. The average molecular weight is 436 g/mol. The highest BCUT2D eigenvalue weighted by Gasteiger charge is 2.21. The van der Waals surface area contributed by atoms with Crippen LogP contribution in [-0.4, -0.2) is 29.2 Å². The van der Waals surface area contributed by atoms with Gasteiger partial charge in [-0.3, -0.25) is 14.7 Å². The molecule has 0 bridgehead atoms. The van der Waals surface area contributed by atoms with Crippen molar-refractivity contribution in [2.75, 3.05) is 18.3 Å². The molecular weight excluding hydrogens is 414 g/mol. The van der Waals surface area contributed by atoms with Gasteiger partial charge in [-0.2, -0.15) is 0 Å². The average Bonchev–Trinajstić information content (AvgIpc) is 3.22. The second kappa shape index (κ2) is 9.28. The summed E-state index contributed by atoms with van der Waals surface area (Å²) in [6.45, 7) is 0.414. The van der Waals surface area contributed by atoms with Gasteiger partial charge >= 0.3 is 0 Å². The zero-order valence-corrected chi connectivity index (χ0v) is 18.4. The van der Waals surface area contributed by atoms with E-state index in [0.717, 1.165) is 21.3 Å². The van der Waals surface area contributed by atoms with Crippen molar-refractivity contribution in [2.45, 2.75) is 17.9 Å². The van der Waals surface area contributed by atoms with Crippen molar-refractivity contribution in [2.24, 2.45) is 0 Å². The fraction of sp³-hybridized carbons (Fsp3) is 0.174. The minimum absolute atomic E-state index is 0.00576. The number of thiazole rings is 1. The SMILES string of the molecule is COc1cccc2sc(N(Cc3cccnc3)C(=O)Cc3ccc(SC)cc3)nc12. The Hall–Kier alpha value is -2.90. The second-order valence-corrected chi connectivity index (χ2v) is 8.56. The topological polar surface area (TPSA) is 55.3 Å². The molecule has 7 heteroatoms. The van der Waals surface area contributed by atoms with Gasteiger partial charge in [-0.05, 0) is 47.7 Å². The number of fused-ring (bicyclic) bond motifs is 1. The molecule has 0 aliphatic carbocycles. The van der Waals surface area contributed by atoms with E-state index in [2.05, 4.69) is 4.98 Å². The number of ether oxygens (including phenoxy) is 1. The lowest BCUT2D eigenvalue weighted by atomic mass is 10.1. The highest BCUT2D eigenvalue weighted by Crippen LogP contribution is 2.35. The lowest BCUT2D eigenvalue weighted by molar-refractivity contribution is -0.118. The van der Waals surface area contributed by atoms with E-state index in [4.69, 9.17) is 9.72 Å². The standard InChI is InChI=1S/C23H21N3O2S2/c1-28-19-6-3-7-20-22(19)25-23(30-20)26(15-17-5-4-12-24-14-17)21(27)13-16-8-10-18(29-2)11-9-16/h3-12,14H,13,15H2,1-2H3. The molecule has 0 saturated heterocycles. The molecule has 0 unspecified atom stereocenters. The van der Waals surface area contributed by atoms with Crippen molar-refractivity contribution in [1.29, 1.82) is 0 Å². The number of hydrogen-bond donors (Lipinski definition) is 0. The normalized spacial score (nSPS) is 10.9. The zero-order valence-electron chi connectivity index (χ0n) is 16.7. The van der Waals surface area contributed by atoms with Crippen LogP contribution in [-0.2, 0) is 17.8 Å². The number of thioether (sulfide) groups is 1. The molecule has 4 rings (SSSR count). The predicted octanol–water partition coefficient (Wildman–Crippen LogP) is 5.20. The van der Waals surface area contributed by atoms with Crippen molar-refractivity contribution in [3.63, 3.8) is 0 Å². The van der Waals surface area contributed by atoms with Crippen LogP contribution in [0.15, 0.2) is 71.9 Å². The second-order valence-electron chi connectivity index (χ2n) is 6.67. The van der Waals surface area contributed by atoms with E-state index in [-0.39, 0.29) is 5.91 Å². The van der Waals surface area contributed by atoms with Crippen molar-refractivity contribution in [3.05, 3.63) is 78.1 Å². The summed E-state index contributed by atoms with van der Waals surface area (Å²) in [4.78, 5) is 25.2. The lowest BCUT2D eigenvalue weighted by Crippen LogP contribution is -2.31. The largest absolute Gasteiger partial charge is 0.494 e. The maximum atomic E-state index is 13.3. The quantitative estimate of drug-likeness (QED) is 0.374. The molecule has 0 spiro atoms. The molecule has 0 radical (unpaired) electrons. The first-order chi connectivity index (χ1) is 14.7. The van der Waals surface area contributed by atoms with Crippen molar-refractivity contribution < 1.29 is 9.53 Å². The molecule has 30 heavy (non-hydrogen) atoms. The lowest BCUT2D eigenvalue weighted by Gasteiger charge is -2.20. The molecule has 4 aromatic rings. The van der Waals surface area contributed by atoms with Gasteiger partial charge in [0.25, 0.3) is 0 Å². The summed E-state index contributed by atoms with van der Waals surface area (Å²) in [5.41, 5.74) is 2.70. The van der Waals surface area contributed by atoms with Crippen LogP contribution in [0.4, 0.5) is 5.13 Å². The molecule has 2 aromatic heterocycles. The van der Waals surface area contributed by atoms with Crippen molar-refractivity contribution in [1.82, 2.24) is 9.97 Å². The molecule has 2 aromatic carbocycles. The number of pyridine rings is 1. The van der Waals surface area contributed by atoms with E-state index in [1.807, 2.05) is 60.9 Å². The number of benzene rings is 2. The molecule has 2 heterocycles. The summed E-state index contributed by atoms with van der Waals surface area (Å²) < 4.78 is 6.43. The minimum Gasteiger partial charge on any atom is -0.494 e. The third kappa shape index (κ3) is 4.47. The van der Waals surface area contributed by atoms with Crippen LogP contribution in [0.5, 0.6) is 5.75 Å². The van der Waals surface area contributed by atoms with Crippen LogP contribution in [0.1, 0.15) is 11.1 Å². The summed E-state index contributed by atoms with van der Waals surface area (Å²) in [6, 6.07) is 17.8. The molecule has 0 aliphatic rings. The van der Waals surface area contributed by atoms with Crippen LogP contribution < -0.4 is 9.64 Å². The van der Waals surface area contributed by atoms with E-state index >= 15 is 0 Å². The van der Waals surface area contributed by atoms with Gasteiger partial charge in [-0.15, -0.1) is 11.8 Å². The molecule has 0 aliphatic heterocycles. The van der Waals surface area contributed by atoms with Gasteiger partial charge in [0.2, 0.25) is 5.91 Å². The summed E-state index contributed by atoms with van der Waals surface area (Å²) in [5.74, 6) is 0.699. The van der Waals surface area contributed by atoms with E-state index in [0.29, 0.717) is 23.8 Å². The zero-order chi connectivity index (χ0) is 20.9. The molecule has 5 nitrogen and oxygen atoms in total. The van der Waals surface area contributed by atoms with Gasteiger partial charge in [0.15, 0.2) is 5.13 Å². The number of nitrogens with zero attached hydrogens (tertiary/aromatic N) is 3. The first kappa shape index (κ1) is 20.4. The number of hydrogen-bond acceptors (Lipinski definition) is 6. The Balaban J connectivity index is 1.67. The summed E-state index contributed by atoms with van der Waals surface area (Å²) >= 11 is 3.17. The van der Waals surface area contributed by atoms with E-state index in [1.54, 1.807) is 36.2 Å². The number of para-hydroxylation sites is 1. The van der Waals surface area contributed by atoms with E-state index < -0.39 is 0 Å². The Morgan fingerprint density at radius 1 is 1.10 bits per heavy atom. The van der Waals surface area contributed by atoms with E-state index in [1.165, 1.54) is 16.2 Å². The molecule has 152 valence electrons. The van der Waals surface area contributed by atoms with Crippen molar-refractivity contribution >= 4 is 44.4 Å². The highest BCUT2D eigenvalue weighted by atomic mass is 32.2. The Bertz CT molecular complexity index is 1140. The Labute approximate surface area is 183 Å². The van der Waals surface area contributed by atoms with Crippen LogP contribution in [0.25, 0.3) is 10.2 Å². The Kier molecular flexibility index (Phi) is 6.30. The van der Waals surface area contributed by atoms with Gasteiger partial charge in [0, 0.05) is 17.3 Å². The number of carbonyl (C=O) groups is 1. The first-order valence-corrected chi connectivity index (χ1v) is 11.5. The molecule has 1 amide bonds. The number of rotatable bonds is 7. The maximum absolute atomic E-state index is 13.3. The number of methoxy groups -OCH3 is 1. The van der Waals surface area contributed by atoms with Gasteiger partial charge in [-0.25, -0.2) is 4.98 Å². The first-order valence-electron chi connectivity index (χ1n) is 9.43. The summed E-state index contributed by atoms with van der Waals surface area (Å²) in [6.07, 6.45) is 5.85. The van der Waals surface area contributed by atoms with Gasteiger partial charge < -0.3 is 4.74 Å². The monoisotopic (exact) mass is 435 g/mol. The molecule has 0 fully saturated rings. The molecule has 0 atom stereocenters. The summed E-state index contributed by atoms with van der Waals surface area (Å²) in [7, 11) is 1.63. The van der Waals surface area contributed by atoms with Gasteiger partial charge in [0.1, 0.15) is 11.3 Å². The van der Waals surface area contributed by atoms with Crippen LogP contribution in [0, 0.1) is 0 Å². The Morgan fingerprint density at radius 2 is 1.93 bits per heavy atom. The van der Waals surface area contributed by atoms with Gasteiger partial charge in [0.05, 0.1) is 24.8 Å². The highest BCUT2D eigenvalue weighted by molar-refractivity contribution is 7.98. The number of anilines is 1. The predicted molar refractivity (Wildman–Crippen MR) is 124 cm³/mol. The van der Waals surface area contributed by atoms with E-state index in [9.17, 15) is 4.79 Å².